The van der Waals surface area contributed by atoms with E-state index in [-0.39, 0.29) is 35.8 Å². The monoisotopic (exact) mass is 627 g/mol. The van der Waals surface area contributed by atoms with Gasteiger partial charge in [0, 0.05) is 66.5 Å². The van der Waals surface area contributed by atoms with Crippen LogP contribution in [0.25, 0.3) is 21.7 Å². The molecule has 2 aliphatic heterocycles. The van der Waals surface area contributed by atoms with Gasteiger partial charge in [-0.25, -0.2) is 13.1 Å². The zero-order valence-electron chi connectivity index (χ0n) is 23.5. The van der Waals surface area contributed by atoms with Crippen LogP contribution in [-0.2, 0) is 14.8 Å². The molecule has 2 aliphatic rings. The number of aromatic amines is 1. The van der Waals surface area contributed by atoms with Crippen molar-refractivity contribution in [3.05, 3.63) is 59.8 Å². The molecular formula is C30H34ClN5O6S. The lowest BCUT2D eigenvalue weighted by molar-refractivity contribution is 0.0322. The number of nitrogen functional groups attached to an aromatic ring is 1. The third-order valence-electron chi connectivity index (χ3n) is 8.01. The number of carbonyl (C=O) groups excluding carboxylic acids is 1. The fourth-order valence-corrected chi connectivity index (χ4v) is 7.13. The Kier molecular flexibility index (Phi) is 8.49. The largest absolute Gasteiger partial charge is 0.492 e. The summed E-state index contributed by atoms with van der Waals surface area (Å²) in [7, 11) is -3.83. The second-order valence-electron chi connectivity index (χ2n) is 10.7. The number of rotatable bonds is 10. The van der Waals surface area contributed by atoms with Crippen molar-refractivity contribution in [1.82, 2.24) is 14.6 Å². The molecule has 1 amide bonds. The lowest BCUT2D eigenvalue weighted by atomic mass is 9.95. The number of aliphatic hydroxyl groups is 1. The summed E-state index contributed by atoms with van der Waals surface area (Å²) < 4.78 is 39.0. The third-order valence-corrected chi connectivity index (χ3v) is 9.84. The molecule has 0 bridgehead atoms. The van der Waals surface area contributed by atoms with Crippen LogP contribution in [0.5, 0.6) is 5.75 Å². The third kappa shape index (κ3) is 5.91. The molecule has 4 aromatic rings. The van der Waals surface area contributed by atoms with Gasteiger partial charge in [-0.2, -0.15) is 0 Å². The summed E-state index contributed by atoms with van der Waals surface area (Å²) in [6.07, 6.45) is 0. The van der Waals surface area contributed by atoms with E-state index in [9.17, 15) is 13.2 Å². The zero-order valence-corrected chi connectivity index (χ0v) is 25.1. The maximum Gasteiger partial charge on any atom is 0.274 e. The first-order chi connectivity index (χ1) is 20.8. The quantitative estimate of drug-likeness (QED) is 0.155. The van der Waals surface area contributed by atoms with E-state index in [0.29, 0.717) is 35.6 Å². The van der Waals surface area contributed by atoms with Gasteiger partial charge in [0.05, 0.1) is 30.4 Å². The van der Waals surface area contributed by atoms with Gasteiger partial charge in [-0.05, 0) is 53.4 Å². The Morgan fingerprint density at radius 3 is 2.72 bits per heavy atom. The number of aromatic nitrogens is 1. The molecule has 1 fully saturated rings. The number of sulfonamides is 1. The van der Waals surface area contributed by atoms with E-state index >= 15 is 0 Å². The summed E-state index contributed by atoms with van der Waals surface area (Å²) in [6.45, 7) is 4.64. The van der Waals surface area contributed by atoms with E-state index in [1.165, 1.54) is 12.1 Å². The maximum absolute atomic E-state index is 13.9. The number of nitrogens with zero attached hydrogens (tertiary/aromatic N) is 2. The van der Waals surface area contributed by atoms with Crippen LogP contribution in [0, 0.1) is 0 Å². The summed E-state index contributed by atoms with van der Waals surface area (Å²) in [6, 6.07) is 14.0. The number of carbonyl (C=O) groups is 1. The molecule has 5 N–H and O–H groups in total. The Labute approximate surface area is 254 Å². The number of nitrogens with two attached hydrogens (primary N) is 1. The molecule has 11 nitrogen and oxygen atoms in total. The standard InChI is InChI=1S/C30H34ClN5O6S/c31-17-20-18-36(28-16-25(32)24-15-22(2-3-23(24)29(20)28)43(39,40)33-5-9-37)30(38)27-14-19-13-21(1-4-26(19)34-27)42-12-8-35-6-10-41-11-7-35/h1-4,13-16,20,33-34,37H,5-12,17-18,32H2/t20-/m1/s1. The highest BCUT2D eigenvalue weighted by Crippen LogP contribution is 2.45. The minimum Gasteiger partial charge on any atom is -0.492 e. The number of morpholine rings is 1. The Morgan fingerprint density at radius 1 is 1.14 bits per heavy atom. The van der Waals surface area contributed by atoms with E-state index in [4.69, 9.17) is 31.9 Å². The summed E-state index contributed by atoms with van der Waals surface area (Å²) in [4.78, 5) is 21.1. The van der Waals surface area contributed by atoms with E-state index < -0.39 is 10.0 Å². The Hall–Kier alpha value is -3.39. The highest BCUT2D eigenvalue weighted by molar-refractivity contribution is 7.89. The normalized spacial score (nSPS) is 17.5. The van der Waals surface area contributed by atoms with Gasteiger partial charge >= 0.3 is 0 Å². The lowest BCUT2D eigenvalue weighted by Crippen LogP contribution is -2.38. The fourth-order valence-electron chi connectivity index (χ4n) is 5.83. The Bertz CT molecular complexity index is 1770. The van der Waals surface area contributed by atoms with Crippen LogP contribution in [0.1, 0.15) is 22.0 Å². The van der Waals surface area contributed by atoms with Gasteiger partial charge in [-0.15, -0.1) is 11.6 Å². The van der Waals surface area contributed by atoms with Crippen molar-refractivity contribution in [2.75, 3.05) is 75.7 Å². The molecule has 0 spiro atoms. The summed E-state index contributed by atoms with van der Waals surface area (Å²) in [5.74, 6) is 0.617. The number of ether oxygens (including phenoxy) is 2. The number of amides is 1. The second kappa shape index (κ2) is 12.3. The van der Waals surface area contributed by atoms with E-state index in [1.807, 2.05) is 24.3 Å². The van der Waals surface area contributed by atoms with Gasteiger partial charge < -0.3 is 30.2 Å². The molecule has 3 aromatic carbocycles. The SMILES string of the molecule is Nc1cc2c(c3ccc(S(=O)(=O)NCCO)cc13)[C@H](CCl)CN2C(=O)c1cc2cc(OCCN3CCOCC3)ccc2[nH]1. The van der Waals surface area contributed by atoms with Gasteiger partial charge in [-0.1, -0.05) is 6.07 Å². The number of nitrogens with one attached hydrogen (secondary N) is 2. The van der Waals surface area contributed by atoms with Gasteiger partial charge in [0.1, 0.15) is 18.1 Å². The van der Waals surface area contributed by atoms with Gasteiger partial charge in [0.15, 0.2) is 0 Å². The first-order valence-electron chi connectivity index (χ1n) is 14.2. The molecule has 1 aromatic heterocycles. The number of benzene rings is 3. The number of fused-ring (bicyclic) bond motifs is 4. The number of hydrogen-bond acceptors (Lipinski definition) is 8. The van der Waals surface area contributed by atoms with Crippen LogP contribution in [0.3, 0.4) is 0 Å². The lowest BCUT2D eigenvalue weighted by Gasteiger charge is -2.26. The summed E-state index contributed by atoms with van der Waals surface area (Å²) in [5.41, 5.74) is 9.53. The molecule has 0 unspecified atom stereocenters. The van der Waals surface area contributed by atoms with Crippen LogP contribution >= 0.6 is 11.6 Å². The van der Waals surface area contributed by atoms with Crippen LogP contribution in [-0.4, -0.2) is 94.3 Å². The minimum absolute atomic E-state index is 0.0379. The summed E-state index contributed by atoms with van der Waals surface area (Å²) in [5, 5.41) is 11.2. The number of halogens is 1. The predicted octanol–water partition coefficient (Wildman–Crippen LogP) is 2.87. The van der Waals surface area contributed by atoms with Crippen molar-refractivity contribution in [2.24, 2.45) is 0 Å². The zero-order chi connectivity index (χ0) is 30.1. The van der Waals surface area contributed by atoms with E-state index in [2.05, 4.69) is 14.6 Å². The average molecular weight is 628 g/mol. The van der Waals surface area contributed by atoms with Crippen molar-refractivity contribution >= 4 is 60.6 Å². The molecule has 13 heteroatoms. The van der Waals surface area contributed by atoms with Gasteiger partial charge in [-0.3, -0.25) is 9.69 Å². The van der Waals surface area contributed by atoms with Gasteiger partial charge in [0.2, 0.25) is 10.0 Å². The molecule has 3 heterocycles. The second-order valence-corrected chi connectivity index (χ2v) is 12.8. The smallest absolute Gasteiger partial charge is 0.274 e. The van der Waals surface area contributed by atoms with Crippen molar-refractivity contribution in [2.45, 2.75) is 10.8 Å². The predicted molar refractivity (Wildman–Crippen MR) is 167 cm³/mol. The number of anilines is 2. The number of alkyl halides is 1. The molecule has 1 atom stereocenters. The molecule has 0 saturated carbocycles. The Balaban J connectivity index is 1.26. The number of H-pyrrole nitrogens is 1. The molecule has 1 saturated heterocycles. The molecule has 6 rings (SSSR count). The van der Waals surface area contributed by atoms with Crippen molar-refractivity contribution in [3.63, 3.8) is 0 Å². The van der Waals surface area contributed by atoms with Crippen molar-refractivity contribution in [3.8, 4) is 5.75 Å². The Morgan fingerprint density at radius 2 is 1.95 bits per heavy atom. The van der Waals surface area contributed by atoms with E-state index in [1.54, 1.807) is 17.0 Å². The number of hydrogen-bond donors (Lipinski definition) is 4. The fraction of sp³-hybridized carbons (Fsp3) is 0.367. The average Bonchev–Trinajstić information content (AvgIpc) is 3.61. The molecule has 0 aliphatic carbocycles. The van der Waals surface area contributed by atoms with Crippen molar-refractivity contribution in [1.29, 1.82) is 0 Å². The van der Waals surface area contributed by atoms with Crippen molar-refractivity contribution < 1.29 is 27.8 Å². The van der Waals surface area contributed by atoms with Crippen LogP contribution in [0.15, 0.2) is 53.4 Å². The first-order valence-corrected chi connectivity index (χ1v) is 16.2. The highest BCUT2D eigenvalue weighted by atomic mass is 35.5. The molecule has 43 heavy (non-hydrogen) atoms. The topological polar surface area (TPSA) is 150 Å². The number of aliphatic hydroxyl groups excluding tert-OH is 1. The first kappa shape index (κ1) is 29.7. The minimum atomic E-state index is -3.83. The molecule has 228 valence electrons. The molecular weight excluding hydrogens is 594 g/mol. The van der Waals surface area contributed by atoms with Crippen LogP contribution in [0.4, 0.5) is 11.4 Å². The van der Waals surface area contributed by atoms with Crippen LogP contribution in [0.2, 0.25) is 0 Å². The summed E-state index contributed by atoms with van der Waals surface area (Å²) >= 11 is 6.40. The maximum atomic E-state index is 13.9. The molecule has 0 radical (unpaired) electrons. The van der Waals surface area contributed by atoms with E-state index in [0.717, 1.165) is 60.5 Å². The van der Waals surface area contributed by atoms with Gasteiger partial charge in [0.25, 0.3) is 5.91 Å². The highest BCUT2D eigenvalue weighted by Gasteiger charge is 2.35. The van der Waals surface area contributed by atoms with Crippen LogP contribution < -0.4 is 20.1 Å².